The Morgan fingerprint density at radius 2 is 2.00 bits per heavy atom. The van der Waals surface area contributed by atoms with Crippen LogP contribution in [-0.4, -0.2) is 30.2 Å². The Kier molecular flexibility index (Phi) is 8.03. The Hall–Kier alpha value is -1.62. The molecule has 130 valence electrons. The summed E-state index contributed by atoms with van der Waals surface area (Å²) in [4.78, 5) is 16.8. The van der Waals surface area contributed by atoms with Crippen molar-refractivity contribution in [3.05, 3.63) is 17.8 Å². The summed E-state index contributed by atoms with van der Waals surface area (Å²) < 4.78 is 11.1. The van der Waals surface area contributed by atoms with Crippen molar-refractivity contribution in [3.63, 3.8) is 0 Å². The van der Waals surface area contributed by atoms with Crippen LogP contribution in [0.15, 0.2) is 12.3 Å². The third kappa shape index (κ3) is 5.82. The number of rotatable bonds is 10. The Morgan fingerprint density at radius 3 is 2.57 bits per heavy atom. The van der Waals surface area contributed by atoms with Gasteiger partial charge in [-0.3, -0.25) is 4.79 Å². The lowest BCUT2D eigenvalue weighted by Crippen LogP contribution is -2.42. The molecular weight excluding hydrogens is 292 g/mol. The van der Waals surface area contributed by atoms with Crippen LogP contribution in [-0.2, 0) is 9.53 Å². The van der Waals surface area contributed by atoms with Crippen molar-refractivity contribution in [3.8, 4) is 5.88 Å². The molecular formula is C18H30N2O3. The third-order valence-electron chi connectivity index (χ3n) is 3.96. The van der Waals surface area contributed by atoms with Crippen LogP contribution in [0.1, 0.15) is 58.4 Å². The second-order valence-electron chi connectivity index (χ2n) is 6.04. The first-order valence-electron chi connectivity index (χ1n) is 8.42. The van der Waals surface area contributed by atoms with Crippen molar-refractivity contribution < 1.29 is 14.3 Å². The highest BCUT2D eigenvalue weighted by Crippen LogP contribution is 2.23. The number of carbonyl (C=O) groups is 1. The first-order chi connectivity index (χ1) is 11.0. The highest BCUT2D eigenvalue weighted by molar-refractivity contribution is 5.97. The second-order valence-corrected chi connectivity index (χ2v) is 6.04. The fraction of sp³-hybridized carbons (Fsp3) is 0.667. The average molecular weight is 322 g/mol. The van der Waals surface area contributed by atoms with E-state index in [9.17, 15) is 4.79 Å². The van der Waals surface area contributed by atoms with Crippen molar-refractivity contribution in [2.45, 2.75) is 65.4 Å². The van der Waals surface area contributed by atoms with E-state index < -0.39 is 5.60 Å². The van der Waals surface area contributed by atoms with Crippen molar-refractivity contribution in [2.75, 3.05) is 19.0 Å². The fourth-order valence-corrected chi connectivity index (χ4v) is 2.18. The molecule has 5 nitrogen and oxygen atoms in total. The quantitative estimate of drug-likeness (QED) is 0.659. The monoisotopic (exact) mass is 322 g/mol. The van der Waals surface area contributed by atoms with Gasteiger partial charge in [0.1, 0.15) is 5.60 Å². The van der Waals surface area contributed by atoms with Gasteiger partial charge in [-0.1, -0.05) is 33.1 Å². The van der Waals surface area contributed by atoms with Gasteiger partial charge in [-0.25, -0.2) is 4.98 Å². The number of hydrogen-bond donors (Lipinski definition) is 1. The molecule has 1 unspecified atom stereocenters. The van der Waals surface area contributed by atoms with Crippen molar-refractivity contribution in [1.82, 2.24) is 4.98 Å². The molecule has 0 aliphatic rings. The van der Waals surface area contributed by atoms with Crippen molar-refractivity contribution >= 4 is 11.6 Å². The average Bonchev–Trinajstić information content (AvgIpc) is 2.54. The summed E-state index contributed by atoms with van der Waals surface area (Å²) in [6.45, 7) is 8.62. The Bertz CT molecular complexity index is 505. The molecule has 1 N–H and O–H groups in total. The lowest BCUT2D eigenvalue weighted by Gasteiger charge is -2.26. The fourth-order valence-electron chi connectivity index (χ4n) is 2.18. The summed E-state index contributed by atoms with van der Waals surface area (Å²) in [6.07, 6.45) is 6.37. The molecule has 1 amide bonds. The predicted molar refractivity (Wildman–Crippen MR) is 92.9 cm³/mol. The van der Waals surface area contributed by atoms with Gasteiger partial charge in [-0.05, 0) is 32.8 Å². The Labute approximate surface area is 139 Å². The summed E-state index contributed by atoms with van der Waals surface area (Å²) in [7, 11) is 1.57. The first kappa shape index (κ1) is 19.4. The summed E-state index contributed by atoms with van der Waals surface area (Å²) >= 11 is 0. The number of carbonyl (C=O) groups excluding carboxylic acids is 1. The minimum atomic E-state index is -0.819. The van der Waals surface area contributed by atoms with Crippen molar-refractivity contribution in [2.24, 2.45) is 0 Å². The van der Waals surface area contributed by atoms with Gasteiger partial charge in [0.05, 0.1) is 18.5 Å². The topological polar surface area (TPSA) is 60.5 Å². The first-order valence-corrected chi connectivity index (χ1v) is 8.42. The number of aryl methyl sites for hydroxylation is 1. The molecule has 23 heavy (non-hydrogen) atoms. The van der Waals surface area contributed by atoms with E-state index in [0.29, 0.717) is 24.6 Å². The lowest BCUT2D eigenvalue weighted by atomic mass is 9.97. The smallest absolute Gasteiger partial charge is 0.256 e. The van der Waals surface area contributed by atoms with E-state index in [1.165, 1.54) is 0 Å². The molecule has 0 aliphatic carbocycles. The molecule has 0 fully saturated rings. The molecule has 1 atom stereocenters. The van der Waals surface area contributed by atoms with Crippen LogP contribution in [0.4, 0.5) is 5.69 Å². The van der Waals surface area contributed by atoms with E-state index in [1.807, 2.05) is 19.9 Å². The lowest BCUT2D eigenvalue weighted by molar-refractivity contribution is -0.136. The summed E-state index contributed by atoms with van der Waals surface area (Å²) in [5.74, 6) is 0.478. The van der Waals surface area contributed by atoms with E-state index in [-0.39, 0.29) is 5.91 Å². The third-order valence-corrected chi connectivity index (χ3v) is 3.96. The van der Waals surface area contributed by atoms with Gasteiger partial charge in [0.25, 0.3) is 5.91 Å². The molecule has 5 heteroatoms. The van der Waals surface area contributed by atoms with Crippen LogP contribution in [0, 0.1) is 6.92 Å². The molecule has 0 bridgehead atoms. The van der Waals surface area contributed by atoms with E-state index in [2.05, 4.69) is 24.1 Å². The summed E-state index contributed by atoms with van der Waals surface area (Å²) in [5.41, 5.74) is 0.752. The zero-order chi connectivity index (χ0) is 17.3. The van der Waals surface area contributed by atoms with Crippen LogP contribution in [0.25, 0.3) is 0 Å². The molecule has 0 saturated carbocycles. The zero-order valence-corrected chi connectivity index (χ0v) is 15.1. The minimum Gasteiger partial charge on any atom is -0.477 e. The molecule has 0 radical (unpaired) electrons. The Balaban J connectivity index is 2.72. The van der Waals surface area contributed by atoms with Gasteiger partial charge >= 0.3 is 0 Å². The van der Waals surface area contributed by atoms with E-state index in [4.69, 9.17) is 9.47 Å². The molecule has 1 heterocycles. The maximum atomic E-state index is 12.5. The number of nitrogens with zero attached hydrogens (tertiary/aromatic N) is 1. The van der Waals surface area contributed by atoms with E-state index >= 15 is 0 Å². The predicted octanol–water partition coefficient (Wildman–Crippen LogP) is 4.10. The van der Waals surface area contributed by atoms with Crippen molar-refractivity contribution in [1.29, 1.82) is 0 Å². The molecule has 0 aliphatic heterocycles. The second kappa shape index (κ2) is 9.50. The number of aromatic nitrogens is 1. The number of methoxy groups -OCH3 is 1. The maximum Gasteiger partial charge on any atom is 0.256 e. The normalized spacial score (nSPS) is 13.4. The summed E-state index contributed by atoms with van der Waals surface area (Å²) in [5, 5.41) is 2.90. The highest BCUT2D eigenvalue weighted by atomic mass is 16.5. The number of amides is 1. The van der Waals surface area contributed by atoms with Gasteiger partial charge in [0, 0.05) is 12.7 Å². The minimum absolute atomic E-state index is 0.144. The number of hydrogen-bond acceptors (Lipinski definition) is 4. The van der Waals surface area contributed by atoms with Gasteiger partial charge in [-0.2, -0.15) is 0 Å². The molecule has 1 aromatic heterocycles. The number of unbranched alkanes of at least 4 members (excludes halogenated alkanes) is 2. The van der Waals surface area contributed by atoms with Crippen LogP contribution in [0.3, 0.4) is 0 Å². The number of ether oxygens (including phenoxy) is 2. The van der Waals surface area contributed by atoms with Gasteiger partial charge < -0.3 is 14.8 Å². The standard InChI is InChI=1S/C18H30N2O3/c1-6-8-10-18(4,22-5)17(21)20-15-12-14(3)16(19-13-15)23-11-9-7-2/h12-13H,6-11H2,1-5H3,(H,20,21). The Morgan fingerprint density at radius 1 is 1.30 bits per heavy atom. The number of pyridine rings is 1. The number of nitrogens with one attached hydrogen (secondary N) is 1. The highest BCUT2D eigenvalue weighted by Gasteiger charge is 2.32. The van der Waals surface area contributed by atoms with Crippen LogP contribution in [0.5, 0.6) is 5.88 Å². The largest absolute Gasteiger partial charge is 0.477 e. The SMILES string of the molecule is CCCCOc1ncc(NC(=O)C(C)(CCCC)OC)cc1C. The molecule has 1 aromatic rings. The molecule has 0 aromatic carbocycles. The summed E-state index contributed by atoms with van der Waals surface area (Å²) in [6, 6.07) is 1.88. The molecule has 0 saturated heterocycles. The van der Waals surface area contributed by atoms with Gasteiger partial charge in [0.15, 0.2) is 0 Å². The molecule has 1 rings (SSSR count). The van der Waals surface area contributed by atoms with E-state index in [0.717, 1.165) is 31.2 Å². The van der Waals surface area contributed by atoms with Crippen LogP contribution >= 0.6 is 0 Å². The molecule has 0 spiro atoms. The van der Waals surface area contributed by atoms with Gasteiger partial charge in [0.2, 0.25) is 5.88 Å². The van der Waals surface area contributed by atoms with E-state index in [1.54, 1.807) is 13.3 Å². The van der Waals surface area contributed by atoms with Crippen LogP contribution < -0.4 is 10.1 Å². The zero-order valence-electron chi connectivity index (χ0n) is 15.1. The van der Waals surface area contributed by atoms with Crippen LogP contribution in [0.2, 0.25) is 0 Å². The maximum absolute atomic E-state index is 12.5. The number of anilines is 1. The van der Waals surface area contributed by atoms with Gasteiger partial charge in [-0.15, -0.1) is 0 Å².